The SMILES string of the molecule is CC1CN(C(=O)CCc2ccccc2)CCC1Cl. The van der Waals surface area contributed by atoms with E-state index in [9.17, 15) is 4.79 Å². The highest BCUT2D eigenvalue weighted by atomic mass is 35.5. The molecule has 1 fully saturated rings. The third-order valence-electron chi connectivity index (χ3n) is 3.62. The summed E-state index contributed by atoms with van der Waals surface area (Å²) in [5.74, 6) is 0.662. The average Bonchev–Trinajstić information content (AvgIpc) is 2.40. The van der Waals surface area contributed by atoms with Crippen LogP contribution in [0.4, 0.5) is 0 Å². The lowest BCUT2D eigenvalue weighted by molar-refractivity contribution is -0.132. The van der Waals surface area contributed by atoms with Crippen molar-refractivity contribution in [3.63, 3.8) is 0 Å². The summed E-state index contributed by atoms with van der Waals surface area (Å²) in [4.78, 5) is 14.1. The monoisotopic (exact) mass is 265 g/mol. The number of amides is 1. The maximum Gasteiger partial charge on any atom is 0.222 e. The number of alkyl halides is 1. The third-order valence-corrected chi connectivity index (χ3v) is 4.27. The Labute approximate surface area is 114 Å². The van der Waals surface area contributed by atoms with Crippen molar-refractivity contribution in [2.75, 3.05) is 13.1 Å². The highest BCUT2D eigenvalue weighted by Crippen LogP contribution is 2.22. The standard InChI is InChI=1S/C15H20ClNO/c1-12-11-17(10-9-14(12)16)15(18)8-7-13-5-3-2-4-6-13/h2-6,12,14H,7-11H2,1H3. The normalized spacial score (nSPS) is 24.0. The van der Waals surface area contributed by atoms with E-state index in [4.69, 9.17) is 11.6 Å². The zero-order chi connectivity index (χ0) is 13.0. The zero-order valence-electron chi connectivity index (χ0n) is 10.8. The van der Waals surface area contributed by atoms with Crippen LogP contribution in [-0.2, 0) is 11.2 Å². The van der Waals surface area contributed by atoms with Crippen molar-refractivity contribution in [1.29, 1.82) is 0 Å². The number of nitrogens with zero attached hydrogens (tertiary/aromatic N) is 1. The number of carbonyl (C=O) groups excluding carboxylic acids is 1. The summed E-state index contributed by atoms with van der Waals surface area (Å²) in [5.41, 5.74) is 1.23. The van der Waals surface area contributed by atoms with E-state index in [1.54, 1.807) is 0 Å². The molecule has 1 aromatic carbocycles. The second-order valence-corrected chi connectivity index (χ2v) is 5.67. The molecule has 1 amide bonds. The van der Waals surface area contributed by atoms with Gasteiger partial charge < -0.3 is 4.90 Å². The number of aryl methyl sites for hydroxylation is 1. The molecule has 0 bridgehead atoms. The van der Waals surface area contributed by atoms with Gasteiger partial charge in [0, 0.05) is 24.9 Å². The Morgan fingerprint density at radius 3 is 2.78 bits per heavy atom. The van der Waals surface area contributed by atoms with E-state index in [1.165, 1.54) is 5.56 Å². The molecule has 1 aliphatic rings. The lowest BCUT2D eigenvalue weighted by Crippen LogP contribution is -2.43. The van der Waals surface area contributed by atoms with E-state index in [1.807, 2.05) is 23.1 Å². The first-order chi connectivity index (χ1) is 8.66. The van der Waals surface area contributed by atoms with E-state index in [0.717, 1.165) is 25.9 Å². The van der Waals surface area contributed by atoms with Gasteiger partial charge in [0.1, 0.15) is 0 Å². The van der Waals surface area contributed by atoms with E-state index in [0.29, 0.717) is 12.3 Å². The predicted octanol–water partition coefficient (Wildman–Crippen LogP) is 3.10. The van der Waals surface area contributed by atoms with Gasteiger partial charge in [0.05, 0.1) is 0 Å². The molecular formula is C15H20ClNO. The van der Waals surface area contributed by atoms with E-state index in [2.05, 4.69) is 19.1 Å². The fraction of sp³-hybridized carbons (Fsp3) is 0.533. The van der Waals surface area contributed by atoms with Gasteiger partial charge in [-0.15, -0.1) is 11.6 Å². The summed E-state index contributed by atoms with van der Waals surface area (Å²) in [6.07, 6.45) is 2.35. The van der Waals surface area contributed by atoms with Gasteiger partial charge in [-0.1, -0.05) is 37.3 Å². The fourth-order valence-corrected chi connectivity index (χ4v) is 2.57. The Balaban J connectivity index is 1.82. The van der Waals surface area contributed by atoms with Crippen molar-refractivity contribution in [1.82, 2.24) is 4.90 Å². The van der Waals surface area contributed by atoms with Crippen LogP contribution in [0.1, 0.15) is 25.3 Å². The van der Waals surface area contributed by atoms with Crippen molar-refractivity contribution >= 4 is 17.5 Å². The molecule has 1 aromatic rings. The highest BCUT2D eigenvalue weighted by molar-refractivity contribution is 6.20. The Hall–Kier alpha value is -1.02. The van der Waals surface area contributed by atoms with Crippen LogP contribution >= 0.6 is 11.6 Å². The number of hydrogen-bond donors (Lipinski definition) is 0. The number of hydrogen-bond acceptors (Lipinski definition) is 1. The third kappa shape index (κ3) is 3.49. The smallest absolute Gasteiger partial charge is 0.222 e. The van der Waals surface area contributed by atoms with Gasteiger partial charge in [-0.3, -0.25) is 4.79 Å². The second-order valence-electron chi connectivity index (χ2n) is 5.11. The number of likely N-dealkylation sites (tertiary alicyclic amines) is 1. The Morgan fingerprint density at radius 1 is 1.39 bits per heavy atom. The molecule has 0 N–H and O–H groups in total. The number of halogens is 1. The van der Waals surface area contributed by atoms with E-state index in [-0.39, 0.29) is 11.3 Å². The van der Waals surface area contributed by atoms with Gasteiger partial charge in [-0.05, 0) is 24.3 Å². The average molecular weight is 266 g/mol. The topological polar surface area (TPSA) is 20.3 Å². The highest BCUT2D eigenvalue weighted by Gasteiger charge is 2.26. The first kappa shape index (κ1) is 13.4. The second kappa shape index (κ2) is 6.24. The first-order valence-electron chi connectivity index (χ1n) is 6.62. The van der Waals surface area contributed by atoms with Gasteiger partial charge in [-0.2, -0.15) is 0 Å². The minimum Gasteiger partial charge on any atom is -0.342 e. The summed E-state index contributed by atoms with van der Waals surface area (Å²) in [6.45, 7) is 3.74. The summed E-state index contributed by atoms with van der Waals surface area (Å²) in [7, 11) is 0. The molecule has 3 heteroatoms. The molecule has 0 spiro atoms. The van der Waals surface area contributed by atoms with Crippen LogP contribution in [0.25, 0.3) is 0 Å². The molecule has 0 radical (unpaired) electrons. The number of rotatable bonds is 3. The zero-order valence-corrected chi connectivity index (χ0v) is 11.6. The Kier molecular flexibility index (Phi) is 4.65. The lowest BCUT2D eigenvalue weighted by atomic mass is 9.99. The van der Waals surface area contributed by atoms with Gasteiger partial charge in [-0.25, -0.2) is 0 Å². The number of benzene rings is 1. The molecule has 98 valence electrons. The van der Waals surface area contributed by atoms with Crippen LogP contribution in [-0.4, -0.2) is 29.3 Å². The Morgan fingerprint density at radius 2 is 2.11 bits per heavy atom. The number of piperidine rings is 1. The maximum absolute atomic E-state index is 12.1. The van der Waals surface area contributed by atoms with Crippen LogP contribution in [0.5, 0.6) is 0 Å². The lowest BCUT2D eigenvalue weighted by Gasteiger charge is -2.34. The van der Waals surface area contributed by atoms with Crippen LogP contribution in [0.3, 0.4) is 0 Å². The molecule has 1 saturated heterocycles. The van der Waals surface area contributed by atoms with Crippen molar-refractivity contribution in [3.8, 4) is 0 Å². The molecule has 1 aliphatic heterocycles. The van der Waals surface area contributed by atoms with Gasteiger partial charge in [0.2, 0.25) is 5.91 Å². The summed E-state index contributed by atoms with van der Waals surface area (Å²) >= 11 is 6.17. The summed E-state index contributed by atoms with van der Waals surface area (Å²) in [6, 6.07) is 10.2. The van der Waals surface area contributed by atoms with Crippen LogP contribution in [0.15, 0.2) is 30.3 Å². The van der Waals surface area contributed by atoms with Crippen molar-refractivity contribution in [2.45, 2.75) is 31.6 Å². The van der Waals surface area contributed by atoms with Gasteiger partial charge in [0.15, 0.2) is 0 Å². The summed E-state index contributed by atoms with van der Waals surface area (Å²) < 4.78 is 0. The van der Waals surface area contributed by atoms with Crippen LogP contribution in [0.2, 0.25) is 0 Å². The predicted molar refractivity (Wildman–Crippen MR) is 74.8 cm³/mol. The molecule has 2 unspecified atom stereocenters. The van der Waals surface area contributed by atoms with E-state index >= 15 is 0 Å². The Bertz CT molecular complexity index is 393. The fourth-order valence-electron chi connectivity index (χ4n) is 2.40. The van der Waals surface area contributed by atoms with Gasteiger partial charge >= 0.3 is 0 Å². The minimum atomic E-state index is 0.225. The van der Waals surface area contributed by atoms with Crippen LogP contribution < -0.4 is 0 Å². The molecule has 2 rings (SSSR count). The summed E-state index contributed by atoms with van der Waals surface area (Å²) in [5, 5.41) is 0.225. The van der Waals surface area contributed by atoms with Crippen molar-refractivity contribution in [2.24, 2.45) is 5.92 Å². The largest absolute Gasteiger partial charge is 0.342 e. The number of carbonyl (C=O) groups is 1. The first-order valence-corrected chi connectivity index (χ1v) is 7.06. The van der Waals surface area contributed by atoms with Crippen LogP contribution in [0, 0.1) is 5.92 Å². The van der Waals surface area contributed by atoms with Gasteiger partial charge in [0.25, 0.3) is 0 Å². The molecule has 2 nitrogen and oxygen atoms in total. The van der Waals surface area contributed by atoms with Crippen molar-refractivity contribution in [3.05, 3.63) is 35.9 Å². The minimum absolute atomic E-state index is 0.225. The van der Waals surface area contributed by atoms with E-state index < -0.39 is 0 Å². The molecule has 1 heterocycles. The molecule has 18 heavy (non-hydrogen) atoms. The molecule has 0 aliphatic carbocycles. The quantitative estimate of drug-likeness (QED) is 0.769. The maximum atomic E-state index is 12.1. The molecule has 0 aromatic heterocycles. The molecular weight excluding hydrogens is 246 g/mol. The molecule has 2 atom stereocenters. The van der Waals surface area contributed by atoms with Crippen molar-refractivity contribution < 1.29 is 4.79 Å². The molecule has 0 saturated carbocycles.